The molecular weight excluding hydrogens is 306 g/mol. The van der Waals surface area contributed by atoms with Gasteiger partial charge in [0, 0.05) is 18.7 Å². The molecule has 1 rings (SSSR count). The zero-order valence-corrected chi connectivity index (χ0v) is 13.7. The zero-order chi connectivity index (χ0) is 17.5. The van der Waals surface area contributed by atoms with Gasteiger partial charge in [-0.2, -0.15) is 8.78 Å². The number of aryl methyl sites for hydroxylation is 1. The van der Waals surface area contributed by atoms with Crippen LogP contribution >= 0.6 is 0 Å². The summed E-state index contributed by atoms with van der Waals surface area (Å²) >= 11 is 0. The average Bonchev–Trinajstić information content (AvgIpc) is 2.52. The number of benzene rings is 1. The van der Waals surface area contributed by atoms with Crippen LogP contribution in [0.1, 0.15) is 37.8 Å². The lowest BCUT2D eigenvalue weighted by molar-refractivity contribution is -0.0504. The molecule has 0 radical (unpaired) electrons. The van der Waals surface area contributed by atoms with Crippen molar-refractivity contribution in [2.45, 2.75) is 52.4 Å². The van der Waals surface area contributed by atoms with Crippen LogP contribution in [0, 0.1) is 6.92 Å². The number of hydrogen-bond donors (Lipinski definition) is 3. The summed E-state index contributed by atoms with van der Waals surface area (Å²) in [6, 6.07) is 4.30. The Balaban J connectivity index is 2.60. The summed E-state index contributed by atoms with van der Waals surface area (Å²) in [7, 11) is 0. The molecule has 0 aliphatic rings. The van der Waals surface area contributed by atoms with Crippen LogP contribution in [0.4, 0.5) is 13.6 Å². The normalized spacial score (nSPS) is 11.4. The number of halogens is 2. The van der Waals surface area contributed by atoms with E-state index in [4.69, 9.17) is 0 Å². The van der Waals surface area contributed by atoms with Gasteiger partial charge in [-0.25, -0.2) is 4.79 Å². The fourth-order valence-electron chi connectivity index (χ4n) is 2.04. The summed E-state index contributed by atoms with van der Waals surface area (Å²) in [4.78, 5) is 11.8. The van der Waals surface area contributed by atoms with Crippen molar-refractivity contribution in [3.8, 4) is 5.75 Å². The first-order chi connectivity index (χ1) is 10.8. The second-order valence-corrected chi connectivity index (χ2v) is 5.46. The Kier molecular flexibility index (Phi) is 7.22. The molecule has 7 heteroatoms. The van der Waals surface area contributed by atoms with E-state index in [-0.39, 0.29) is 18.8 Å². The Bertz CT molecular complexity index is 520. The smallest absolute Gasteiger partial charge is 0.387 e. The van der Waals surface area contributed by atoms with Crippen molar-refractivity contribution in [1.82, 2.24) is 10.6 Å². The van der Waals surface area contributed by atoms with Crippen LogP contribution in [0.3, 0.4) is 0 Å². The van der Waals surface area contributed by atoms with Crippen molar-refractivity contribution in [3.05, 3.63) is 29.3 Å². The number of carbonyl (C=O) groups excluding carboxylic acids is 1. The highest BCUT2D eigenvalue weighted by Gasteiger charge is 2.22. The van der Waals surface area contributed by atoms with Crippen LogP contribution in [0.15, 0.2) is 18.2 Å². The Morgan fingerprint density at radius 3 is 2.52 bits per heavy atom. The molecule has 0 bridgehead atoms. The third-order valence-electron chi connectivity index (χ3n) is 3.77. The SMILES string of the molecule is CCC(O)(CC)CNC(=O)NCc1cc(C)ccc1OC(F)F. The van der Waals surface area contributed by atoms with E-state index in [2.05, 4.69) is 15.4 Å². The van der Waals surface area contributed by atoms with Gasteiger partial charge in [-0.05, 0) is 25.8 Å². The molecule has 1 aromatic rings. The molecule has 23 heavy (non-hydrogen) atoms. The standard InChI is InChI=1S/C16H24F2N2O3/c1-4-16(22,5-2)10-20-15(21)19-9-12-8-11(3)6-7-13(12)23-14(17)18/h6-8,14,22H,4-5,9-10H2,1-3H3,(H2,19,20,21). The van der Waals surface area contributed by atoms with Crippen LogP contribution in [0.5, 0.6) is 5.75 Å². The third-order valence-corrected chi connectivity index (χ3v) is 3.77. The van der Waals surface area contributed by atoms with Crippen molar-refractivity contribution in [2.24, 2.45) is 0 Å². The maximum atomic E-state index is 12.4. The zero-order valence-electron chi connectivity index (χ0n) is 13.7. The molecule has 0 aliphatic carbocycles. The lowest BCUT2D eigenvalue weighted by Gasteiger charge is -2.25. The van der Waals surface area contributed by atoms with Crippen LogP contribution < -0.4 is 15.4 Å². The Morgan fingerprint density at radius 2 is 1.96 bits per heavy atom. The number of urea groups is 1. The maximum absolute atomic E-state index is 12.4. The van der Waals surface area contributed by atoms with E-state index in [1.54, 1.807) is 12.1 Å². The van der Waals surface area contributed by atoms with Gasteiger partial charge in [-0.1, -0.05) is 31.5 Å². The van der Waals surface area contributed by atoms with Crippen molar-refractivity contribution in [1.29, 1.82) is 0 Å². The van der Waals surface area contributed by atoms with E-state index in [0.717, 1.165) is 5.56 Å². The predicted octanol–water partition coefficient (Wildman–Crippen LogP) is 2.95. The van der Waals surface area contributed by atoms with Gasteiger partial charge in [0.05, 0.1) is 5.60 Å². The van der Waals surface area contributed by atoms with Gasteiger partial charge in [0.25, 0.3) is 0 Å². The number of nitrogens with one attached hydrogen (secondary N) is 2. The number of alkyl halides is 2. The molecule has 0 atom stereocenters. The quantitative estimate of drug-likeness (QED) is 0.686. The van der Waals surface area contributed by atoms with Crippen LogP contribution in [0.2, 0.25) is 0 Å². The van der Waals surface area contributed by atoms with Crippen molar-refractivity contribution >= 4 is 6.03 Å². The Hall–Kier alpha value is -1.89. The minimum Gasteiger partial charge on any atom is -0.434 e. The van der Waals surface area contributed by atoms with Gasteiger partial charge >= 0.3 is 12.6 Å². The van der Waals surface area contributed by atoms with Gasteiger partial charge in [-0.15, -0.1) is 0 Å². The summed E-state index contributed by atoms with van der Waals surface area (Å²) < 4.78 is 29.2. The molecule has 3 N–H and O–H groups in total. The maximum Gasteiger partial charge on any atom is 0.387 e. The van der Waals surface area contributed by atoms with Gasteiger partial charge in [-0.3, -0.25) is 0 Å². The van der Waals surface area contributed by atoms with Crippen LogP contribution in [-0.4, -0.2) is 29.9 Å². The first-order valence-corrected chi connectivity index (χ1v) is 7.58. The van der Waals surface area contributed by atoms with Crippen molar-refractivity contribution < 1.29 is 23.4 Å². The van der Waals surface area contributed by atoms with Crippen molar-refractivity contribution in [2.75, 3.05) is 6.54 Å². The highest BCUT2D eigenvalue weighted by molar-refractivity contribution is 5.74. The number of carbonyl (C=O) groups is 1. The van der Waals surface area contributed by atoms with E-state index < -0.39 is 18.2 Å². The first-order valence-electron chi connectivity index (χ1n) is 7.58. The minimum atomic E-state index is -2.92. The van der Waals surface area contributed by atoms with E-state index in [9.17, 15) is 18.7 Å². The number of aliphatic hydroxyl groups is 1. The summed E-state index contributed by atoms with van der Waals surface area (Å²) in [6.07, 6.45) is 1.04. The van der Waals surface area contributed by atoms with E-state index in [0.29, 0.717) is 18.4 Å². The molecule has 0 fully saturated rings. The Labute approximate surface area is 135 Å². The molecule has 0 unspecified atom stereocenters. The van der Waals surface area contributed by atoms with Gasteiger partial charge in [0.2, 0.25) is 0 Å². The van der Waals surface area contributed by atoms with E-state index in [1.807, 2.05) is 20.8 Å². The van der Waals surface area contributed by atoms with Crippen LogP contribution in [-0.2, 0) is 6.54 Å². The van der Waals surface area contributed by atoms with Crippen LogP contribution in [0.25, 0.3) is 0 Å². The monoisotopic (exact) mass is 330 g/mol. The third kappa shape index (κ3) is 6.40. The van der Waals surface area contributed by atoms with E-state index in [1.165, 1.54) is 6.07 Å². The summed E-state index contributed by atoms with van der Waals surface area (Å²) in [5.41, 5.74) is 0.391. The molecule has 0 spiro atoms. The molecule has 0 aromatic heterocycles. The molecule has 0 saturated heterocycles. The average molecular weight is 330 g/mol. The lowest BCUT2D eigenvalue weighted by Crippen LogP contribution is -2.45. The summed E-state index contributed by atoms with van der Waals surface area (Å²) in [6.45, 7) is 2.74. The van der Waals surface area contributed by atoms with E-state index >= 15 is 0 Å². The second kappa shape index (κ2) is 8.67. The highest BCUT2D eigenvalue weighted by Crippen LogP contribution is 2.22. The Morgan fingerprint density at radius 1 is 1.30 bits per heavy atom. The predicted molar refractivity (Wildman–Crippen MR) is 83.6 cm³/mol. The van der Waals surface area contributed by atoms with Crippen molar-refractivity contribution in [3.63, 3.8) is 0 Å². The van der Waals surface area contributed by atoms with Gasteiger partial charge in [0.1, 0.15) is 5.75 Å². The molecule has 0 saturated carbocycles. The lowest BCUT2D eigenvalue weighted by atomic mass is 9.98. The molecule has 1 aromatic carbocycles. The summed E-state index contributed by atoms with van der Waals surface area (Å²) in [5, 5.41) is 15.3. The minimum absolute atomic E-state index is 0.0320. The first kappa shape index (κ1) is 19.2. The molecule has 0 aliphatic heterocycles. The topological polar surface area (TPSA) is 70.6 Å². The highest BCUT2D eigenvalue weighted by atomic mass is 19.3. The fraction of sp³-hybridized carbons (Fsp3) is 0.562. The van der Waals surface area contributed by atoms with Gasteiger partial charge in [0.15, 0.2) is 0 Å². The molecule has 130 valence electrons. The largest absolute Gasteiger partial charge is 0.434 e. The second-order valence-electron chi connectivity index (χ2n) is 5.46. The molecular formula is C16H24F2N2O3. The fourth-order valence-corrected chi connectivity index (χ4v) is 2.04. The number of ether oxygens (including phenoxy) is 1. The summed E-state index contributed by atoms with van der Waals surface area (Å²) in [5.74, 6) is 0.0320. The number of hydrogen-bond acceptors (Lipinski definition) is 3. The molecule has 5 nitrogen and oxygen atoms in total. The van der Waals surface area contributed by atoms with Gasteiger partial charge < -0.3 is 20.5 Å². The molecule has 2 amide bonds. The molecule has 0 heterocycles. The number of rotatable bonds is 8. The number of amides is 2.